The van der Waals surface area contributed by atoms with Crippen LogP contribution in [-0.2, 0) is 11.3 Å². The number of anilines is 1. The third kappa shape index (κ3) is 5.01. The van der Waals surface area contributed by atoms with Crippen LogP contribution in [0.1, 0.15) is 26.3 Å². The topological polar surface area (TPSA) is 58.4 Å². The molecule has 0 saturated carbocycles. The van der Waals surface area contributed by atoms with Crippen molar-refractivity contribution in [3.05, 3.63) is 29.8 Å². The van der Waals surface area contributed by atoms with Gasteiger partial charge in [0.1, 0.15) is 0 Å². The number of nitrogens with two attached hydrogens (primary N) is 1. The van der Waals surface area contributed by atoms with Crippen LogP contribution in [0.4, 0.5) is 5.69 Å². The molecular formula is C15H25N3O. The molecule has 3 N–H and O–H groups in total. The number of hydrogen-bond acceptors (Lipinski definition) is 3. The summed E-state index contributed by atoms with van der Waals surface area (Å²) in [6, 6.07) is 8.00. The second-order valence-electron chi connectivity index (χ2n) is 5.35. The van der Waals surface area contributed by atoms with Crippen LogP contribution < -0.4 is 11.1 Å². The van der Waals surface area contributed by atoms with Crippen molar-refractivity contribution in [2.45, 2.75) is 33.4 Å². The van der Waals surface area contributed by atoms with Crippen molar-refractivity contribution >= 4 is 11.6 Å². The van der Waals surface area contributed by atoms with E-state index in [0.717, 1.165) is 11.3 Å². The molecule has 0 saturated heterocycles. The second-order valence-corrected chi connectivity index (χ2v) is 5.35. The molecule has 1 amide bonds. The van der Waals surface area contributed by atoms with Crippen molar-refractivity contribution in [2.75, 3.05) is 18.9 Å². The first kappa shape index (κ1) is 15.7. The van der Waals surface area contributed by atoms with Crippen LogP contribution in [0.25, 0.3) is 0 Å². The summed E-state index contributed by atoms with van der Waals surface area (Å²) in [5.41, 5.74) is 7.41. The molecule has 0 aliphatic heterocycles. The van der Waals surface area contributed by atoms with Gasteiger partial charge in [0.25, 0.3) is 0 Å². The van der Waals surface area contributed by atoms with Gasteiger partial charge in [0.2, 0.25) is 5.91 Å². The molecule has 4 heteroatoms. The summed E-state index contributed by atoms with van der Waals surface area (Å²) < 4.78 is 0. The molecule has 4 nitrogen and oxygen atoms in total. The standard InChI is InChI=1S/C15H25N3O/c1-11(2)12(3)18(4)10-15(19)17-14-7-5-13(9-16)6-8-14/h5-8,11-12H,9-10,16H2,1-4H3,(H,17,19). The number of amides is 1. The van der Waals surface area contributed by atoms with Gasteiger partial charge in [-0.2, -0.15) is 0 Å². The maximum atomic E-state index is 11.9. The normalized spacial score (nSPS) is 12.8. The number of rotatable bonds is 6. The van der Waals surface area contributed by atoms with E-state index in [4.69, 9.17) is 5.73 Å². The highest BCUT2D eigenvalue weighted by atomic mass is 16.2. The maximum Gasteiger partial charge on any atom is 0.238 e. The highest BCUT2D eigenvalue weighted by molar-refractivity contribution is 5.92. The average molecular weight is 263 g/mol. The lowest BCUT2D eigenvalue weighted by atomic mass is 10.1. The lowest BCUT2D eigenvalue weighted by Crippen LogP contribution is -2.39. The van der Waals surface area contributed by atoms with Crippen LogP contribution >= 0.6 is 0 Å². The van der Waals surface area contributed by atoms with E-state index in [1.165, 1.54) is 0 Å². The molecule has 0 spiro atoms. The fourth-order valence-corrected chi connectivity index (χ4v) is 1.80. The Balaban J connectivity index is 2.50. The smallest absolute Gasteiger partial charge is 0.238 e. The first-order valence-corrected chi connectivity index (χ1v) is 6.73. The molecule has 1 aromatic carbocycles. The van der Waals surface area contributed by atoms with E-state index in [9.17, 15) is 4.79 Å². The summed E-state index contributed by atoms with van der Waals surface area (Å²) in [6.45, 7) is 7.37. The van der Waals surface area contributed by atoms with Gasteiger partial charge in [-0.15, -0.1) is 0 Å². The first-order chi connectivity index (χ1) is 8.93. The van der Waals surface area contributed by atoms with E-state index in [1.54, 1.807) is 0 Å². The fourth-order valence-electron chi connectivity index (χ4n) is 1.80. The molecule has 1 unspecified atom stereocenters. The van der Waals surface area contributed by atoms with E-state index in [0.29, 0.717) is 25.0 Å². The van der Waals surface area contributed by atoms with E-state index in [-0.39, 0.29) is 5.91 Å². The van der Waals surface area contributed by atoms with Gasteiger partial charge in [0.05, 0.1) is 6.54 Å². The van der Waals surface area contributed by atoms with Gasteiger partial charge < -0.3 is 11.1 Å². The minimum absolute atomic E-state index is 0.00972. The maximum absolute atomic E-state index is 11.9. The Bertz CT molecular complexity index is 400. The molecule has 0 aromatic heterocycles. The van der Waals surface area contributed by atoms with Gasteiger partial charge >= 0.3 is 0 Å². The van der Waals surface area contributed by atoms with Gasteiger partial charge in [0.15, 0.2) is 0 Å². The first-order valence-electron chi connectivity index (χ1n) is 6.73. The van der Waals surface area contributed by atoms with Crippen LogP contribution in [0.2, 0.25) is 0 Å². The molecule has 19 heavy (non-hydrogen) atoms. The minimum Gasteiger partial charge on any atom is -0.326 e. The Hall–Kier alpha value is -1.39. The van der Waals surface area contributed by atoms with E-state index in [2.05, 4.69) is 31.0 Å². The zero-order valence-electron chi connectivity index (χ0n) is 12.3. The highest BCUT2D eigenvalue weighted by Crippen LogP contribution is 2.10. The minimum atomic E-state index is 0.00972. The van der Waals surface area contributed by atoms with E-state index < -0.39 is 0 Å². The number of likely N-dealkylation sites (N-methyl/N-ethyl adjacent to an activating group) is 1. The molecule has 0 aliphatic carbocycles. The Kier molecular flexibility index (Phi) is 5.99. The zero-order chi connectivity index (χ0) is 14.4. The van der Waals surface area contributed by atoms with Crippen molar-refractivity contribution in [1.82, 2.24) is 4.90 Å². The molecule has 1 aromatic rings. The molecule has 0 bridgehead atoms. The number of nitrogens with zero attached hydrogens (tertiary/aromatic N) is 1. The van der Waals surface area contributed by atoms with Gasteiger partial charge in [-0.05, 0) is 37.6 Å². The predicted octanol–water partition coefficient (Wildman–Crippen LogP) is 2.06. The van der Waals surface area contributed by atoms with Crippen LogP contribution in [0.5, 0.6) is 0 Å². The molecule has 1 rings (SSSR count). The summed E-state index contributed by atoms with van der Waals surface area (Å²) in [5.74, 6) is 0.539. The summed E-state index contributed by atoms with van der Waals surface area (Å²) in [7, 11) is 1.97. The van der Waals surface area contributed by atoms with Crippen molar-refractivity contribution in [3.8, 4) is 0 Å². The molecule has 0 aliphatic rings. The number of carbonyl (C=O) groups is 1. The number of benzene rings is 1. The lowest BCUT2D eigenvalue weighted by molar-refractivity contribution is -0.117. The SMILES string of the molecule is CC(C)C(C)N(C)CC(=O)Nc1ccc(CN)cc1. The lowest BCUT2D eigenvalue weighted by Gasteiger charge is -2.27. The molecule has 0 fully saturated rings. The molecule has 0 heterocycles. The monoisotopic (exact) mass is 263 g/mol. The van der Waals surface area contributed by atoms with Crippen LogP contribution in [-0.4, -0.2) is 30.4 Å². The summed E-state index contributed by atoms with van der Waals surface area (Å²) in [5, 5.41) is 2.90. The fraction of sp³-hybridized carbons (Fsp3) is 0.533. The molecule has 106 valence electrons. The third-order valence-electron chi connectivity index (χ3n) is 3.53. The molecular weight excluding hydrogens is 238 g/mol. The Morgan fingerprint density at radius 2 is 1.84 bits per heavy atom. The summed E-state index contributed by atoms with van der Waals surface area (Å²) in [4.78, 5) is 14.0. The average Bonchev–Trinajstić information content (AvgIpc) is 2.38. The van der Waals surface area contributed by atoms with E-state index in [1.807, 2.05) is 31.3 Å². The summed E-state index contributed by atoms with van der Waals surface area (Å²) >= 11 is 0. The highest BCUT2D eigenvalue weighted by Gasteiger charge is 2.15. The molecule has 1 atom stereocenters. The van der Waals surface area contributed by atoms with Gasteiger partial charge in [0, 0.05) is 18.3 Å². The number of hydrogen-bond donors (Lipinski definition) is 2. The number of nitrogens with one attached hydrogen (secondary N) is 1. The van der Waals surface area contributed by atoms with Gasteiger partial charge in [-0.1, -0.05) is 26.0 Å². The zero-order valence-corrected chi connectivity index (χ0v) is 12.3. The molecule has 0 radical (unpaired) electrons. The summed E-state index contributed by atoms with van der Waals surface area (Å²) in [6.07, 6.45) is 0. The van der Waals surface area contributed by atoms with Crippen molar-refractivity contribution in [3.63, 3.8) is 0 Å². The van der Waals surface area contributed by atoms with Crippen molar-refractivity contribution in [1.29, 1.82) is 0 Å². The third-order valence-corrected chi connectivity index (χ3v) is 3.53. The van der Waals surface area contributed by atoms with Crippen molar-refractivity contribution < 1.29 is 4.79 Å². The van der Waals surface area contributed by atoms with Crippen LogP contribution in [0, 0.1) is 5.92 Å². The van der Waals surface area contributed by atoms with E-state index >= 15 is 0 Å². The number of carbonyl (C=O) groups excluding carboxylic acids is 1. The Labute approximate surface area is 116 Å². The Morgan fingerprint density at radius 3 is 2.32 bits per heavy atom. The van der Waals surface area contributed by atoms with Crippen LogP contribution in [0.3, 0.4) is 0 Å². The van der Waals surface area contributed by atoms with Crippen molar-refractivity contribution in [2.24, 2.45) is 11.7 Å². The van der Waals surface area contributed by atoms with Gasteiger partial charge in [-0.3, -0.25) is 9.69 Å². The van der Waals surface area contributed by atoms with Gasteiger partial charge in [-0.25, -0.2) is 0 Å². The Morgan fingerprint density at radius 1 is 1.26 bits per heavy atom. The largest absolute Gasteiger partial charge is 0.326 e. The second kappa shape index (κ2) is 7.26. The predicted molar refractivity (Wildman–Crippen MR) is 79.9 cm³/mol. The van der Waals surface area contributed by atoms with Crippen LogP contribution in [0.15, 0.2) is 24.3 Å². The quantitative estimate of drug-likeness (QED) is 0.826.